The SMILES string of the molecule is Cc1cccc(OCCNC(=O)[C@@H](C)Oc2ccc(C(C)(C)C)cc2)c1. The topological polar surface area (TPSA) is 47.6 Å². The molecular formula is C22H29NO3. The molecule has 0 fully saturated rings. The summed E-state index contributed by atoms with van der Waals surface area (Å²) in [4.78, 5) is 12.1. The van der Waals surface area contributed by atoms with Crippen LogP contribution < -0.4 is 14.8 Å². The average Bonchev–Trinajstić information content (AvgIpc) is 2.58. The maximum absolute atomic E-state index is 12.1. The molecule has 0 unspecified atom stereocenters. The molecule has 0 saturated heterocycles. The van der Waals surface area contributed by atoms with E-state index in [1.54, 1.807) is 6.92 Å². The van der Waals surface area contributed by atoms with Crippen LogP contribution in [0.1, 0.15) is 38.8 Å². The van der Waals surface area contributed by atoms with Gasteiger partial charge in [-0.05, 0) is 54.7 Å². The Kier molecular flexibility index (Phi) is 6.67. The van der Waals surface area contributed by atoms with Gasteiger partial charge >= 0.3 is 0 Å². The number of aryl methyl sites for hydroxylation is 1. The summed E-state index contributed by atoms with van der Waals surface area (Å²) in [6.45, 7) is 11.1. The molecule has 2 aromatic carbocycles. The molecule has 0 saturated carbocycles. The van der Waals surface area contributed by atoms with Gasteiger partial charge in [-0.15, -0.1) is 0 Å². The van der Waals surface area contributed by atoms with Crippen LogP contribution in [0.3, 0.4) is 0 Å². The molecule has 0 aliphatic heterocycles. The first-order chi connectivity index (χ1) is 12.3. The van der Waals surface area contributed by atoms with Crippen molar-refractivity contribution in [2.24, 2.45) is 0 Å². The predicted octanol–water partition coefficient (Wildman–Crippen LogP) is 4.26. The van der Waals surface area contributed by atoms with E-state index >= 15 is 0 Å². The Labute approximate surface area is 156 Å². The molecule has 4 heteroatoms. The second kappa shape index (κ2) is 8.75. The molecule has 0 aliphatic carbocycles. The van der Waals surface area contributed by atoms with E-state index in [4.69, 9.17) is 9.47 Å². The van der Waals surface area contributed by atoms with Crippen molar-refractivity contribution in [3.8, 4) is 11.5 Å². The standard InChI is InChI=1S/C22H29NO3/c1-16-7-6-8-20(15-16)25-14-13-23-21(24)17(2)26-19-11-9-18(10-12-19)22(3,4)5/h6-12,15,17H,13-14H2,1-5H3,(H,23,24)/t17-/m1/s1. The van der Waals surface area contributed by atoms with Gasteiger partial charge in [0.1, 0.15) is 18.1 Å². The Balaban J connectivity index is 1.75. The van der Waals surface area contributed by atoms with Crippen LogP contribution in [0.5, 0.6) is 11.5 Å². The van der Waals surface area contributed by atoms with Gasteiger partial charge in [-0.3, -0.25) is 4.79 Å². The molecule has 1 atom stereocenters. The molecule has 140 valence electrons. The van der Waals surface area contributed by atoms with Crippen LogP contribution in [0.15, 0.2) is 48.5 Å². The fourth-order valence-electron chi connectivity index (χ4n) is 2.48. The zero-order chi connectivity index (χ0) is 19.2. The first-order valence-electron chi connectivity index (χ1n) is 9.00. The molecule has 26 heavy (non-hydrogen) atoms. The third kappa shape index (κ3) is 6.10. The normalized spacial score (nSPS) is 12.3. The molecule has 0 aliphatic rings. The number of carbonyl (C=O) groups is 1. The van der Waals surface area contributed by atoms with Crippen molar-refractivity contribution in [3.05, 3.63) is 59.7 Å². The Morgan fingerprint density at radius 3 is 2.38 bits per heavy atom. The molecule has 0 spiro atoms. The minimum absolute atomic E-state index is 0.0960. The first kappa shape index (κ1) is 19.8. The number of rotatable bonds is 7. The van der Waals surface area contributed by atoms with Gasteiger partial charge in [0.25, 0.3) is 5.91 Å². The minimum Gasteiger partial charge on any atom is -0.492 e. The molecule has 0 aromatic heterocycles. The minimum atomic E-state index is -0.561. The van der Waals surface area contributed by atoms with Crippen molar-refractivity contribution >= 4 is 5.91 Å². The van der Waals surface area contributed by atoms with Crippen LogP contribution in [0.4, 0.5) is 0 Å². The summed E-state index contributed by atoms with van der Waals surface area (Å²) in [6, 6.07) is 15.7. The van der Waals surface area contributed by atoms with Gasteiger partial charge in [-0.1, -0.05) is 45.0 Å². The molecule has 4 nitrogen and oxygen atoms in total. The molecule has 0 heterocycles. The molecular weight excluding hydrogens is 326 g/mol. The van der Waals surface area contributed by atoms with Gasteiger partial charge in [0.05, 0.1) is 6.54 Å². The van der Waals surface area contributed by atoms with E-state index in [0.717, 1.165) is 11.3 Å². The van der Waals surface area contributed by atoms with E-state index < -0.39 is 6.10 Å². The Morgan fingerprint density at radius 2 is 1.77 bits per heavy atom. The lowest BCUT2D eigenvalue weighted by Gasteiger charge is -2.20. The highest BCUT2D eigenvalue weighted by atomic mass is 16.5. The Bertz CT molecular complexity index is 717. The summed E-state index contributed by atoms with van der Waals surface area (Å²) in [5.74, 6) is 1.34. The van der Waals surface area contributed by atoms with Gasteiger partial charge < -0.3 is 14.8 Å². The van der Waals surface area contributed by atoms with E-state index in [2.05, 4.69) is 26.1 Å². The summed E-state index contributed by atoms with van der Waals surface area (Å²) >= 11 is 0. The highest BCUT2D eigenvalue weighted by molar-refractivity contribution is 5.80. The lowest BCUT2D eigenvalue weighted by atomic mass is 9.87. The number of carbonyl (C=O) groups excluding carboxylic acids is 1. The number of benzene rings is 2. The number of hydrogen-bond acceptors (Lipinski definition) is 3. The Morgan fingerprint density at radius 1 is 1.08 bits per heavy atom. The van der Waals surface area contributed by atoms with Crippen molar-refractivity contribution in [3.63, 3.8) is 0 Å². The van der Waals surface area contributed by atoms with Crippen LogP contribution in [0.25, 0.3) is 0 Å². The van der Waals surface area contributed by atoms with Gasteiger partial charge in [0.15, 0.2) is 6.10 Å². The summed E-state index contributed by atoms with van der Waals surface area (Å²) in [5.41, 5.74) is 2.47. The zero-order valence-corrected chi connectivity index (χ0v) is 16.3. The highest BCUT2D eigenvalue weighted by Gasteiger charge is 2.16. The van der Waals surface area contributed by atoms with Gasteiger partial charge in [0.2, 0.25) is 0 Å². The van der Waals surface area contributed by atoms with E-state index in [1.165, 1.54) is 5.56 Å². The number of hydrogen-bond donors (Lipinski definition) is 1. The second-order valence-electron chi connectivity index (χ2n) is 7.49. The van der Waals surface area contributed by atoms with Crippen LogP contribution >= 0.6 is 0 Å². The Hall–Kier alpha value is -2.49. The van der Waals surface area contributed by atoms with Crippen molar-refractivity contribution in [1.29, 1.82) is 0 Å². The third-order valence-corrected chi connectivity index (χ3v) is 4.06. The van der Waals surface area contributed by atoms with Crippen molar-refractivity contribution < 1.29 is 14.3 Å². The lowest BCUT2D eigenvalue weighted by molar-refractivity contribution is -0.127. The third-order valence-electron chi connectivity index (χ3n) is 4.06. The number of amides is 1. The molecule has 1 amide bonds. The van der Waals surface area contributed by atoms with Crippen molar-refractivity contribution in [1.82, 2.24) is 5.32 Å². The number of nitrogens with one attached hydrogen (secondary N) is 1. The molecule has 0 radical (unpaired) electrons. The van der Waals surface area contributed by atoms with E-state index in [-0.39, 0.29) is 11.3 Å². The van der Waals surface area contributed by atoms with Crippen LogP contribution in [0.2, 0.25) is 0 Å². The molecule has 2 aromatic rings. The summed E-state index contributed by atoms with van der Waals surface area (Å²) in [5, 5.41) is 2.83. The van der Waals surface area contributed by atoms with E-state index in [1.807, 2.05) is 55.5 Å². The van der Waals surface area contributed by atoms with Gasteiger partial charge in [-0.25, -0.2) is 0 Å². The molecule has 2 rings (SSSR count). The average molecular weight is 355 g/mol. The summed E-state index contributed by atoms with van der Waals surface area (Å²) < 4.78 is 11.3. The quantitative estimate of drug-likeness (QED) is 0.755. The van der Waals surface area contributed by atoms with Gasteiger partial charge in [0, 0.05) is 0 Å². The highest BCUT2D eigenvalue weighted by Crippen LogP contribution is 2.24. The lowest BCUT2D eigenvalue weighted by Crippen LogP contribution is -2.38. The maximum Gasteiger partial charge on any atom is 0.260 e. The second-order valence-corrected chi connectivity index (χ2v) is 7.49. The van der Waals surface area contributed by atoms with Crippen molar-refractivity contribution in [2.45, 2.75) is 46.1 Å². The monoisotopic (exact) mass is 355 g/mol. The zero-order valence-electron chi connectivity index (χ0n) is 16.3. The predicted molar refractivity (Wildman–Crippen MR) is 105 cm³/mol. The first-order valence-corrected chi connectivity index (χ1v) is 9.00. The maximum atomic E-state index is 12.1. The van der Waals surface area contributed by atoms with Crippen LogP contribution in [-0.2, 0) is 10.2 Å². The fraction of sp³-hybridized carbons (Fsp3) is 0.409. The summed E-state index contributed by atoms with van der Waals surface area (Å²) in [7, 11) is 0. The molecule has 0 bridgehead atoms. The molecule has 1 N–H and O–H groups in total. The van der Waals surface area contributed by atoms with Crippen molar-refractivity contribution in [2.75, 3.05) is 13.2 Å². The summed E-state index contributed by atoms with van der Waals surface area (Å²) in [6.07, 6.45) is -0.561. The van der Waals surface area contributed by atoms with Crippen LogP contribution in [0, 0.1) is 6.92 Å². The van der Waals surface area contributed by atoms with Gasteiger partial charge in [-0.2, -0.15) is 0 Å². The smallest absolute Gasteiger partial charge is 0.260 e. The van der Waals surface area contributed by atoms with E-state index in [0.29, 0.717) is 18.9 Å². The fourth-order valence-corrected chi connectivity index (χ4v) is 2.48. The number of ether oxygens (including phenoxy) is 2. The largest absolute Gasteiger partial charge is 0.492 e. The van der Waals surface area contributed by atoms with Crippen LogP contribution in [-0.4, -0.2) is 25.2 Å². The van der Waals surface area contributed by atoms with E-state index in [9.17, 15) is 4.79 Å².